The number of fused-ring (bicyclic) bond motifs is 1. The van der Waals surface area contributed by atoms with Crippen molar-refractivity contribution in [3.05, 3.63) is 36.4 Å². The molecule has 4 aliphatic carbocycles. The van der Waals surface area contributed by atoms with Crippen LogP contribution in [0.1, 0.15) is 44.9 Å². The molecule has 2 heterocycles. The Bertz CT molecular complexity index is 942. The maximum atomic E-state index is 12.9. The van der Waals surface area contributed by atoms with E-state index in [1.165, 1.54) is 39.2 Å². The van der Waals surface area contributed by atoms with Gasteiger partial charge in [-0.05, 0) is 74.8 Å². The largest absolute Gasteiger partial charge is 0.467 e. The summed E-state index contributed by atoms with van der Waals surface area (Å²) in [6, 6.07) is 5.78. The number of amides is 1. The summed E-state index contributed by atoms with van der Waals surface area (Å²) in [6.07, 6.45) is 9.28. The number of alkyl carbamates (subject to hydrolysis) is 1. The van der Waals surface area contributed by atoms with Gasteiger partial charge in [0, 0.05) is 12.6 Å². The third-order valence-corrected chi connectivity index (χ3v) is 7.42. The van der Waals surface area contributed by atoms with E-state index in [2.05, 4.69) is 10.3 Å². The molecule has 0 radical (unpaired) electrons. The number of carbonyl (C=O) groups is 2. The van der Waals surface area contributed by atoms with Gasteiger partial charge in [0.05, 0.1) is 18.8 Å². The first-order chi connectivity index (χ1) is 14.4. The third kappa shape index (κ3) is 3.34. The van der Waals surface area contributed by atoms with E-state index in [1.807, 2.05) is 28.8 Å². The van der Waals surface area contributed by atoms with Gasteiger partial charge in [-0.1, -0.05) is 6.07 Å². The van der Waals surface area contributed by atoms with Crippen LogP contribution in [0.15, 0.2) is 30.6 Å². The number of rotatable bonds is 5. The number of pyridine rings is 1. The van der Waals surface area contributed by atoms with Crippen LogP contribution in [0, 0.1) is 23.7 Å². The minimum absolute atomic E-state index is 0.0352. The highest BCUT2D eigenvalue weighted by Gasteiger charge is 2.50. The van der Waals surface area contributed by atoms with Crippen LogP contribution < -0.4 is 5.32 Å². The van der Waals surface area contributed by atoms with Crippen LogP contribution in [0.3, 0.4) is 0 Å². The lowest BCUT2D eigenvalue weighted by Gasteiger charge is -2.53. The highest BCUT2D eigenvalue weighted by molar-refractivity contribution is 5.85. The average molecular weight is 412 g/mol. The van der Waals surface area contributed by atoms with Gasteiger partial charge in [-0.15, -0.1) is 0 Å². The van der Waals surface area contributed by atoms with E-state index in [9.17, 15) is 9.59 Å². The summed E-state index contributed by atoms with van der Waals surface area (Å²) < 4.78 is 12.9. The number of imidazole rings is 1. The predicted molar refractivity (Wildman–Crippen MR) is 110 cm³/mol. The molecular weight excluding hydrogens is 382 g/mol. The summed E-state index contributed by atoms with van der Waals surface area (Å²) in [5.41, 5.74) is -0.342. The van der Waals surface area contributed by atoms with Gasteiger partial charge in [0.2, 0.25) is 0 Å². The molecular formula is C23H29N3O4. The molecule has 2 aromatic heterocycles. The molecule has 4 fully saturated rings. The molecule has 1 N–H and O–H groups in total. The van der Waals surface area contributed by atoms with Crippen LogP contribution in [0.5, 0.6) is 0 Å². The molecule has 0 spiro atoms. The summed E-state index contributed by atoms with van der Waals surface area (Å²) in [7, 11) is 1.33. The molecule has 160 valence electrons. The molecule has 4 bridgehead atoms. The molecule has 2 aromatic rings. The van der Waals surface area contributed by atoms with Crippen LogP contribution in [-0.2, 0) is 20.7 Å². The number of nitrogens with one attached hydrogen (secondary N) is 1. The fraction of sp³-hybridized carbons (Fsp3) is 0.609. The molecule has 0 aliphatic heterocycles. The van der Waals surface area contributed by atoms with Gasteiger partial charge < -0.3 is 19.2 Å². The lowest BCUT2D eigenvalue weighted by molar-refractivity contribution is -0.148. The number of esters is 1. The standard InChI is InChI=1S/C23H29N3O4/c1-23(21(27)29-2,12-19-24-13-18-5-3-4-6-26(18)19)25-22(28)30-20-16-8-14-7-15(10-16)11-17(20)9-14/h3-6,13-17,20H,7-12H2,1-2H3,(H,25,28). The van der Waals surface area contributed by atoms with E-state index >= 15 is 0 Å². The fourth-order valence-electron chi connectivity index (χ4n) is 6.29. The molecule has 0 saturated heterocycles. The third-order valence-electron chi connectivity index (χ3n) is 7.42. The zero-order valence-corrected chi connectivity index (χ0v) is 17.5. The number of methoxy groups -OCH3 is 1. The van der Waals surface area contributed by atoms with Crippen molar-refractivity contribution < 1.29 is 19.1 Å². The van der Waals surface area contributed by atoms with Crippen LogP contribution >= 0.6 is 0 Å². The van der Waals surface area contributed by atoms with Crippen LogP contribution in [-0.4, -0.2) is 40.2 Å². The Hall–Kier alpha value is -2.57. The zero-order chi connectivity index (χ0) is 20.9. The second-order valence-corrected chi connectivity index (χ2v) is 9.60. The van der Waals surface area contributed by atoms with Crippen molar-refractivity contribution in [2.75, 3.05) is 7.11 Å². The molecule has 0 aromatic carbocycles. The summed E-state index contributed by atoms with van der Waals surface area (Å²) in [6.45, 7) is 1.67. The first-order valence-corrected chi connectivity index (χ1v) is 10.9. The Morgan fingerprint density at radius 1 is 1.17 bits per heavy atom. The zero-order valence-electron chi connectivity index (χ0n) is 17.5. The van der Waals surface area contributed by atoms with Crippen molar-refractivity contribution in [3.8, 4) is 0 Å². The molecule has 1 amide bonds. The maximum Gasteiger partial charge on any atom is 0.408 e. The second kappa shape index (κ2) is 7.29. The summed E-state index contributed by atoms with van der Waals surface area (Å²) >= 11 is 0. The predicted octanol–water partition coefficient (Wildman–Crippen LogP) is 3.36. The van der Waals surface area contributed by atoms with Crippen LogP contribution in [0.4, 0.5) is 4.79 Å². The van der Waals surface area contributed by atoms with Gasteiger partial charge in [-0.2, -0.15) is 0 Å². The van der Waals surface area contributed by atoms with Crippen LogP contribution in [0.2, 0.25) is 0 Å². The van der Waals surface area contributed by atoms with Gasteiger partial charge in [0.25, 0.3) is 0 Å². The second-order valence-electron chi connectivity index (χ2n) is 9.60. The Balaban J connectivity index is 1.32. The Morgan fingerprint density at radius 2 is 1.87 bits per heavy atom. The molecule has 4 aliphatic rings. The van der Waals surface area contributed by atoms with Crippen molar-refractivity contribution >= 4 is 17.6 Å². The molecule has 1 atom stereocenters. The van der Waals surface area contributed by atoms with Crippen molar-refractivity contribution in [2.24, 2.45) is 23.7 Å². The Morgan fingerprint density at radius 3 is 2.53 bits per heavy atom. The maximum absolute atomic E-state index is 12.9. The first kappa shape index (κ1) is 19.4. The van der Waals surface area contributed by atoms with E-state index in [0.29, 0.717) is 17.7 Å². The lowest BCUT2D eigenvalue weighted by Crippen LogP contribution is -2.57. The van der Waals surface area contributed by atoms with Gasteiger partial charge in [0.15, 0.2) is 0 Å². The normalized spacial score (nSPS) is 31.3. The van der Waals surface area contributed by atoms with E-state index in [1.54, 1.807) is 13.1 Å². The summed E-state index contributed by atoms with van der Waals surface area (Å²) in [4.78, 5) is 30.0. The van der Waals surface area contributed by atoms with Crippen molar-refractivity contribution in [3.63, 3.8) is 0 Å². The number of carbonyl (C=O) groups excluding carboxylic acids is 2. The molecule has 7 nitrogen and oxygen atoms in total. The minimum Gasteiger partial charge on any atom is -0.467 e. The highest BCUT2D eigenvalue weighted by atomic mass is 16.6. The monoisotopic (exact) mass is 411 g/mol. The molecule has 30 heavy (non-hydrogen) atoms. The van der Waals surface area contributed by atoms with Gasteiger partial charge in [-0.25, -0.2) is 14.6 Å². The number of ether oxygens (including phenoxy) is 2. The van der Waals surface area contributed by atoms with Crippen molar-refractivity contribution in [1.29, 1.82) is 0 Å². The lowest BCUT2D eigenvalue weighted by atomic mass is 9.55. The van der Waals surface area contributed by atoms with Crippen LogP contribution in [0.25, 0.3) is 5.52 Å². The molecule has 1 unspecified atom stereocenters. The van der Waals surface area contributed by atoms with Gasteiger partial charge in [-0.3, -0.25) is 0 Å². The Labute approximate surface area is 176 Å². The molecule has 7 heteroatoms. The SMILES string of the molecule is COC(=O)C(C)(Cc1ncc2ccccn12)NC(=O)OC1C2CC3CC(C2)CC1C3. The van der Waals surface area contributed by atoms with E-state index in [-0.39, 0.29) is 12.5 Å². The summed E-state index contributed by atoms with van der Waals surface area (Å²) in [5.74, 6) is 2.71. The van der Waals surface area contributed by atoms with Gasteiger partial charge >= 0.3 is 12.1 Å². The Kier molecular flexibility index (Phi) is 4.71. The average Bonchev–Trinajstić information content (AvgIpc) is 3.12. The number of hydrogen-bond donors (Lipinski definition) is 1. The number of aromatic nitrogens is 2. The first-order valence-electron chi connectivity index (χ1n) is 10.9. The van der Waals surface area contributed by atoms with Gasteiger partial charge in [0.1, 0.15) is 17.5 Å². The van der Waals surface area contributed by atoms with E-state index in [4.69, 9.17) is 9.47 Å². The quantitative estimate of drug-likeness (QED) is 0.763. The van der Waals surface area contributed by atoms with Crippen molar-refractivity contribution in [2.45, 2.75) is 57.1 Å². The molecule has 4 saturated carbocycles. The topological polar surface area (TPSA) is 81.9 Å². The fourth-order valence-corrected chi connectivity index (χ4v) is 6.29. The minimum atomic E-state index is -1.27. The van der Waals surface area contributed by atoms with E-state index < -0.39 is 17.6 Å². The highest BCUT2D eigenvalue weighted by Crippen LogP contribution is 2.54. The molecule has 6 rings (SSSR count). The smallest absolute Gasteiger partial charge is 0.408 e. The van der Waals surface area contributed by atoms with E-state index in [0.717, 1.165) is 17.4 Å². The van der Waals surface area contributed by atoms with Crippen molar-refractivity contribution in [1.82, 2.24) is 14.7 Å². The number of nitrogens with zero attached hydrogens (tertiary/aromatic N) is 2. The summed E-state index contributed by atoms with van der Waals surface area (Å²) in [5, 5.41) is 2.82. The number of hydrogen-bond acceptors (Lipinski definition) is 5.